The molecule has 112 valence electrons. The molecule has 0 aliphatic rings. The Morgan fingerprint density at radius 1 is 1.00 bits per heavy atom. The third kappa shape index (κ3) is 4.90. The average Bonchev–Trinajstić information content (AvgIpc) is 2.49. The van der Waals surface area contributed by atoms with Gasteiger partial charge in [0.2, 0.25) is 0 Å². The quantitative estimate of drug-likeness (QED) is 0.781. The highest BCUT2D eigenvalue weighted by Crippen LogP contribution is 2.23. The lowest BCUT2D eigenvalue weighted by Crippen LogP contribution is -2.23. The summed E-state index contributed by atoms with van der Waals surface area (Å²) in [6.07, 6.45) is 0. The Morgan fingerprint density at radius 3 is 2.38 bits per heavy atom. The zero-order chi connectivity index (χ0) is 15.1. The van der Waals surface area contributed by atoms with Crippen LogP contribution in [0, 0.1) is 13.8 Å². The maximum absolute atomic E-state index is 3.60. The Kier molecular flexibility index (Phi) is 6.34. The van der Waals surface area contributed by atoms with Crippen LogP contribution in [0.1, 0.15) is 35.2 Å². The lowest BCUT2D eigenvalue weighted by Gasteiger charge is -2.18. The zero-order valence-electron chi connectivity index (χ0n) is 13.2. The number of thioether (sulfide) groups is 1. The Morgan fingerprint density at radius 2 is 1.71 bits per heavy atom. The molecule has 0 aliphatic heterocycles. The van der Waals surface area contributed by atoms with Crippen molar-refractivity contribution in [1.82, 2.24) is 5.32 Å². The van der Waals surface area contributed by atoms with Gasteiger partial charge in [-0.3, -0.25) is 0 Å². The molecule has 0 amide bonds. The van der Waals surface area contributed by atoms with Crippen molar-refractivity contribution in [3.05, 3.63) is 70.8 Å². The van der Waals surface area contributed by atoms with Crippen LogP contribution in [-0.4, -0.2) is 12.3 Å². The molecule has 2 aromatic carbocycles. The van der Waals surface area contributed by atoms with Gasteiger partial charge in [0, 0.05) is 17.5 Å². The second kappa shape index (κ2) is 8.26. The van der Waals surface area contributed by atoms with E-state index in [1.807, 2.05) is 11.8 Å². The van der Waals surface area contributed by atoms with Gasteiger partial charge in [-0.1, -0.05) is 61.0 Å². The first-order valence-corrected chi connectivity index (χ1v) is 8.78. The first-order valence-electron chi connectivity index (χ1n) is 7.63. The molecule has 0 heterocycles. The van der Waals surface area contributed by atoms with Gasteiger partial charge in [0.1, 0.15) is 0 Å². The standard InChI is InChI=1S/C19H25NS/c1-4-20-19(17-11-9-15(2)10-12-17)14-21-13-18-8-6-5-7-16(18)3/h5-12,19-20H,4,13-14H2,1-3H3. The lowest BCUT2D eigenvalue weighted by atomic mass is 10.1. The van der Waals surface area contributed by atoms with E-state index in [-0.39, 0.29) is 0 Å². The summed E-state index contributed by atoms with van der Waals surface area (Å²) in [6.45, 7) is 7.51. The molecule has 0 saturated heterocycles. The summed E-state index contributed by atoms with van der Waals surface area (Å²) in [6, 6.07) is 18.0. The van der Waals surface area contributed by atoms with Crippen molar-refractivity contribution in [3.63, 3.8) is 0 Å². The third-order valence-corrected chi connectivity index (χ3v) is 4.82. The van der Waals surface area contributed by atoms with Crippen molar-refractivity contribution in [2.24, 2.45) is 0 Å². The summed E-state index contributed by atoms with van der Waals surface area (Å²) < 4.78 is 0. The maximum atomic E-state index is 3.60. The largest absolute Gasteiger partial charge is 0.310 e. The van der Waals surface area contributed by atoms with E-state index in [1.165, 1.54) is 22.3 Å². The molecule has 0 bridgehead atoms. The van der Waals surface area contributed by atoms with Gasteiger partial charge in [0.05, 0.1) is 0 Å². The highest BCUT2D eigenvalue weighted by Gasteiger charge is 2.10. The van der Waals surface area contributed by atoms with Crippen molar-refractivity contribution < 1.29 is 0 Å². The molecular formula is C19H25NS. The van der Waals surface area contributed by atoms with E-state index >= 15 is 0 Å². The van der Waals surface area contributed by atoms with Crippen molar-refractivity contribution >= 4 is 11.8 Å². The van der Waals surface area contributed by atoms with Gasteiger partial charge in [-0.15, -0.1) is 0 Å². The van der Waals surface area contributed by atoms with Crippen LogP contribution in [0.3, 0.4) is 0 Å². The number of hydrogen-bond acceptors (Lipinski definition) is 2. The highest BCUT2D eigenvalue weighted by molar-refractivity contribution is 7.98. The van der Waals surface area contributed by atoms with Crippen LogP contribution in [0.4, 0.5) is 0 Å². The average molecular weight is 299 g/mol. The van der Waals surface area contributed by atoms with E-state index < -0.39 is 0 Å². The van der Waals surface area contributed by atoms with Gasteiger partial charge in [0.25, 0.3) is 0 Å². The fourth-order valence-corrected chi connectivity index (χ4v) is 3.58. The van der Waals surface area contributed by atoms with E-state index in [9.17, 15) is 0 Å². The fourth-order valence-electron chi connectivity index (χ4n) is 2.38. The molecule has 0 aliphatic carbocycles. The molecule has 1 atom stereocenters. The summed E-state index contributed by atoms with van der Waals surface area (Å²) in [5.41, 5.74) is 5.54. The molecule has 1 unspecified atom stereocenters. The first-order chi connectivity index (χ1) is 10.2. The molecule has 2 aromatic rings. The maximum Gasteiger partial charge on any atom is 0.0411 e. The van der Waals surface area contributed by atoms with Crippen LogP contribution in [0.25, 0.3) is 0 Å². The lowest BCUT2D eigenvalue weighted by molar-refractivity contribution is 0.606. The summed E-state index contributed by atoms with van der Waals surface area (Å²) in [5, 5.41) is 3.60. The molecule has 0 radical (unpaired) electrons. The van der Waals surface area contributed by atoms with E-state index in [0.29, 0.717) is 6.04 Å². The fraction of sp³-hybridized carbons (Fsp3) is 0.368. The molecule has 0 fully saturated rings. The van der Waals surface area contributed by atoms with E-state index in [2.05, 4.69) is 74.6 Å². The number of benzene rings is 2. The second-order valence-corrected chi connectivity index (χ2v) is 6.49. The molecule has 2 heteroatoms. The predicted molar refractivity (Wildman–Crippen MR) is 94.9 cm³/mol. The Labute approximate surface area is 133 Å². The van der Waals surface area contributed by atoms with Crippen LogP contribution in [-0.2, 0) is 5.75 Å². The first kappa shape index (κ1) is 16.1. The molecule has 0 saturated carbocycles. The number of rotatable bonds is 7. The van der Waals surface area contributed by atoms with Gasteiger partial charge < -0.3 is 5.32 Å². The van der Waals surface area contributed by atoms with Crippen LogP contribution in [0.5, 0.6) is 0 Å². The second-order valence-electron chi connectivity index (χ2n) is 5.46. The third-order valence-electron chi connectivity index (χ3n) is 3.73. The summed E-state index contributed by atoms with van der Waals surface area (Å²) in [4.78, 5) is 0. The SMILES string of the molecule is CCNC(CSCc1ccccc1C)c1ccc(C)cc1. The van der Waals surface area contributed by atoms with Crippen molar-refractivity contribution in [3.8, 4) is 0 Å². The molecule has 1 nitrogen and oxygen atoms in total. The summed E-state index contributed by atoms with van der Waals surface area (Å²) >= 11 is 2.01. The van der Waals surface area contributed by atoms with Gasteiger partial charge in [-0.05, 0) is 37.1 Å². The zero-order valence-corrected chi connectivity index (χ0v) is 14.0. The van der Waals surface area contributed by atoms with Crippen molar-refractivity contribution in [1.29, 1.82) is 0 Å². The number of nitrogens with one attached hydrogen (secondary N) is 1. The Bertz CT molecular complexity index is 548. The monoisotopic (exact) mass is 299 g/mol. The molecule has 0 aromatic heterocycles. The topological polar surface area (TPSA) is 12.0 Å². The molecule has 2 rings (SSSR count). The van der Waals surface area contributed by atoms with Crippen LogP contribution in [0.2, 0.25) is 0 Å². The predicted octanol–water partition coefficient (Wildman–Crippen LogP) is 4.89. The smallest absolute Gasteiger partial charge is 0.0411 e. The van der Waals surface area contributed by atoms with E-state index in [0.717, 1.165) is 18.1 Å². The molecule has 1 N–H and O–H groups in total. The number of hydrogen-bond donors (Lipinski definition) is 1. The number of aryl methyl sites for hydroxylation is 2. The normalized spacial score (nSPS) is 12.3. The molecule has 0 spiro atoms. The van der Waals surface area contributed by atoms with E-state index in [4.69, 9.17) is 0 Å². The Balaban J connectivity index is 1.94. The van der Waals surface area contributed by atoms with Gasteiger partial charge in [-0.2, -0.15) is 11.8 Å². The van der Waals surface area contributed by atoms with Crippen LogP contribution in [0.15, 0.2) is 48.5 Å². The highest BCUT2D eigenvalue weighted by atomic mass is 32.2. The van der Waals surface area contributed by atoms with Gasteiger partial charge in [-0.25, -0.2) is 0 Å². The van der Waals surface area contributed by atoms with E-state index in [1.54, 1.807) is 0 Å². The summed E-state index contributed by atoms with van der Waals surface area (Å²) in [7, 11) is 0. The van der Waals surface area contributed by atoms with Crippen molar-refractivity contribution in [2.75, 3.05) is 12.3 Å². The minimum Gasteiger partial charge on any atom is -0.310 e. The molecule has 21 heavy (non-hydrogen) atoms. The molecular weight excluding hydrogens is 274 g/mol. The minimum atomic E-state index is 0.435. The van der Waals surface area contributed by atoms with Gasteiger partial charge in [0.15, 0.2) is 0 Å². The van der Waals surface area contributed by atoms with Crippen LogP contribution >= 0.6 is 11.8 Å². The Hall–Kier alpha value is -1.25. The van der Waals surface area contributed by atoms with Crippen LogP contribution < -0.4 is 5.32 Å². The summed E-state index contributed by atoms with van der Waals surface area (Å²) in [5.74, 6) is 2.19. The minimum absolute atomic E-state index is 0.435. The van der Waals surface area contributed by atoms with Crippen molar-refractivity contribution in [2.45, 2.75) is 32.6 Å². The van der Waals surface area contributed by atoms with Gasteiger partial charge >= 0.3 is 0 Å².